The van der Waals surface area contributed by atoms with Crippen molar-refractivity contribution >= 4 is 34.0 Å². The van der Waals surface area contributed by atoms with Crippen LogP contribution < -0.4 is 10.5 Å². The van der Waals surface area contributed by atoms with Gasteiger partial charge in [-0.25, -0.2) is 0 Å². The van der Waals surface area contributed by atoms with Gasteiger partial charge >= 0.3 is 5.69 Å². The fourth-order valence-electron chi connectivity index (χ4n) is 1.64. The normalized spacial score (nSPS) is 9.90. The Morgan fingerprint density at radius 3 is 2.86 bits per heavy atom. The van der Waals surface area contributed by atoms with E-state index in [9.17, 15) is 10.1 Å². The molecule has 0 spiro atoms. The monoisotopic (exact) mass is 396 g/mol. The molecule has 0 unspecified atom stereocenters. The zero-order chi connectivity index (χ0) is 15.4. The van der Waals surface area contributed by atoms with Gasteiger partial charge in [-0.2, -0.15) is 5.26 Å². The van der Waals surface area contributed by atoms with Crippen molar-refractivity contribution in [3.05, 3.63) is 55.4 Å². The second kappa shape index (κ2) is 6.36. The molecule has 0 bridgehead atoms. The number of nitrogens with zero attached hydrogens (tertiary/aromatic N) is 3. The Morgan fingerprint density at radius 1 is 1.48 bits per heavy atom. The number of nitriles is 1. The lowest BCUT2D eigenvalue weighted by Crippen LogP contribution is -2.03. The summed E-state index contributed by atoms with van der Waals surface area (Å²) in [7, 11) is 0. The maximum absolute atomic E-state index is 11.1. The van der Waals surface area contributed by atoms with Crippen LogP contribution in [0.1, 0.15) is 11.3 Å². The van der Waals surface area contributed by atoms with Gasteiger partial charge in [0.05, 0.1) is 25.8 Å². The van der Waals surface area contributed by atoms with E-state index in [4.69, 9.17) is 15.7 Å². The number of nitro benzene ring substituents is 1. The van der Waals surface area contributed by atoms with Gasteiger partial charge in [0.25, 0.3) is 0 Å². The lowest BCUT2D eigenvalue weighted by molar-refractivity contribution is -0.386. The van der Waals surface area contributed by atoms with Crippen molar-refractivity contribution < 1.29 is 9.66 Å². The summed E-state index contributed by atoms with van der Waals surface area (Å²) < 4.78 is 5.98. The Labute approximate surface area is 133 Å². The second-order valence-electron chi connectivity index (χ2n) is 4.04. The number of nitro groups is 1. The summed E-state index contributed by atoms with van der Waals surface area (Å²) in [6.07, 6.45) is 1.53. The number of benzene rings is 1. The lowest BCUT2D eigenvalue weighted by atomic mass is 10.2. The highest BCUT2D eigenvalue weighted by Gasteiger charge is 2.20. The molecular weight excluding hydrogens is 387 g/mol. The zero-order valence-electron chi connectivity index (χ0n) is 10.6. The molecule has 1 heterocycles. The molecule has 2 rings (SSSR count). The smallest absolute Gasteiger partial charge is 0.313 e. The zero-order valence-corrected chi connectivity index (χ0v) is 12.8. The summed E-state index contributed by atoms with van der Waals surface area (Å²) in [6.45, 7) is 0.0494. The average molecular weight is 396 g/mol. The van der Waals surface area contributed by atoms with Crippen molar-refractivity contribution in [1.29, 1.82) is 5.26 Å². The van der Waals surface area contributed by atoms with E-state index >= 15 is 0 Å². The van der Waals surface area contributed by atoms with Crippen LogP contribution in [0, 0.1) is 25.0 Å². The first kappa shape index (κ1) is 15.0. The minimum atomic E-state index is -0.578. The fraction of sp³-hybridized carbons (Fsp3) is 0.0769. The van der Waals surface area contributed by atoms with Gasteiger partial charge in [-0.3, -0.25) is 15.1 Å². The molecule has 1 aromatic carbocycles. The number of hydrogen-bond donors (Lipinski definition) is 1. The van der Waals surface area contributed by atoms with E-state index in [-0.39, 0.29) is 23.6 Å². The molecule has 106 valence electrons. The van der Waals surface area contributed by atoms with Crippen LogP contribution in [-0.2, 0) is 6.61 Å². The van der Waals surface area contributed by atoms with Crippen LogP contribution in [0.25, 0.3) is 0 Å². The molecular formula is C13H9IN4O3. The summed E-state index contributed by atoms with van der Waals surface area (Å²) in [4.78, 5) is 14.6. The van der Waals surface area contributed by atoms with Crippen LogP contribution in [0.5, 0.6) is 5.75 Å². The molecule has 0 saturated carbocycles. The molecule has 0 aliphatic heterocycles. The number of halogens is 1. The van der Waals surface area contributed by atoms with E-state index in [1.807, 2.05) is 28.7 Å². The van der Waals surface area contributed by atoms with Crippen LogP contribution >= 0.6 is 22.6 Å². The minimum absolute atomic E-state index is 0.0494. The molecule has 0 amide bonds. The van der Waals surface area contributed by atoms with E-state index in [1.54, 1.807) is 12.1 Å². The van der Waals surface area contributed by atoms with Gasteiger partial charge in [0.2, 0.25) is 5.75 Å². The SMILES string of the molecule is N#Cc1cc(I)c(OCc2cc(N)ccn2)c([N+](=O)[O-])c1. The molecule has 0 atom stereocenters. The van der Waals surface area contributed by atoms with Gasteiger partial charge in [0.15, 0.2) is 0 Å². The Morgan fingerprint density at radius 2 is 2.24 bits per heavy atom. The minimum Gasteiger partial charge on any atom is -0.480 e. The van der Waals surface area contributed by atoms with Crippen molar-refractivity contribution in [2.24, 2.45) is 0 Å². The van der Waals surface area contributed by atoms with Gasteiger partial charge in [-0.1, -0.05) is 0 Å². The van der Waals surface area contributed by atoms with E-state index in [2.05, 4.69) is 4.98 Å². The van der Waals surface area contributed by atoms with Crippen molar-refractivity contribution in [1.82, 2.24) is 4.98 Å². The Hall–Kier alpha value is -2.41. The third kappa shape index (κ3) is 3.57. The molecule has 2 aromatic rings. The van der Waals surface area contributed by atoms with Gasteiger partial charge in [0, 0.05) is 18.0 Å². The van der Waals surface area contributed by atoms with E-state index in [0.29, 0.717) is 15.0 Å². The predicted octanol–water partition coefficient (Wildman–Crippen LogP) is 2.63. The van der Waals surface area contributed by atoms with E-state index < -0.39 is 4.92 Å². The van der Waals surface area contributed by atoms with E-state index in [0.717, 1.165) is 0 Å². The van der Waals surface area contributed by atoms with Crippen LogP contribution in [0.3, 0.4) is 0 Å². The molecule has 1 aromatic heterocycles. The van der Waals surface area contributed by atoms with Crippen molar-refractivity contribution in [2.75, 3.05) is 5.73 Å². The molecule has 8 heteroatoms. The molecule has 21 heavy (non-hydrogen) atoms. The standard InChI is InChI=1S/C13H9IN4O3/c14-11-3-8(6-15)4-12(18(19)20)13(11)21-7-10-5-9(16)1-2-17-10/h1-5H,7H2,(H2,16,17). The number of rotatable bonds is 4. The molecule has 0 radical (unpaired) electrons. The number of anilines is 1. The number of nitrogens with two attached hydrogens (primary N) is 1. The second-order valence-corrected chi connectivity index (χ2v) is 5.21. The average Bonchev–Trinajstić information content (AvgIpc) is 2.45. The van der Waals surface area contributed by atoms with Gasteiger partial charge in [-0.05, 0) is 40.8 Å². The summed E-state index contributed by atoms with van der Waals surface area (Å²) in [5, 5.41) is 19.9. The number of ether oxygens (including phenoxy) is 1. The predicted molar refractivity (Wildman–Crippen MR) is 83.5 cm³/mol. The van der Waals surface area contributed by atoms with Crippen molar-refractivity contribution in [3.63, 3.8) is 0 Å². The Balaban J connectivity index is 2.31. The van der Waals surface area contributed by atoms with Gasteiger partial charge < -0.3 is 10.5 Å². The third-order valence-corrected chi connectivity index (χ3v) is 3.36. The molecule has 7 nitrogen and oxygen atoms in total. The first-order chi connectivity index (χ1) is 10.0. The first-order valence-electron chi connectivity index (χ1n) is 5.72. The fourth-order valence-corrected chi connectivity index (χ4v) is 2.41. The molecule has 2 N–H and O–H groups in total. The molecule has 0 aliphatic rings. The van der Waals surface area contributed by atoms with Crippen LogP contribution in [0.2, 0.25) is 0 Å². The summed E-state index contributed by atoms with van der Waals surface area (Å²) in [5.74, 6) is 0.115. The highest BCUT2D eigenvalue weighted by molar-refractivity contribution is 14.1. The highest BCUT2D eigenvalue weighted by atomic mass is 127. The van der Waals surface area contributed by atoms with Gasteiger partial charge in [0.1, 0.15) is 6.61 Å². The maximum Gasteiger partial charge on any atom is 0.313 e. The highest BCUT2D eigenvalue weighted by Crippen LogP contribution is 2.34. The van der Waals surface area contributed by atoms with Gasteiger partial charge in [-0.15, -0.1) is 0 Å². The lowest BCUT2D eigenvalue weighted by Gasteiger charge is -2.09. The molecule has 0 saturated heterocycles. The van der Waals surface area contributed by atoms with Crippen LogP contribution in [0.15, 0.2) is 30.5 Å². The van der Waals surface area contributed by atoms with Crippen molar-refractivity contribution in [2.45, 2.75) is 6.61 Å². The quantitative estimate of drug-likeness (QED) is 0.483. The van der Waals surface area contributed by atoms with E-state index in [1.165, 1.54) is 18.3 Å². The van der Waals surface area contributed by atoms with Crippen LogP contribution in [-0.4, -0.2) is 9.91 Å². The Kier molecular flexibility index (Phi) is 4.54. The summed E-state index contributed by atoms with van der Waals surface area (Å²) in [6, 6.07) is 7.85. The van der Waals surface area contributed by atoms with Crippen LogP contribution in [0.4, 0.5) is 11.4 Å². The molecule has 0 fully saturated rings. The summed E-state index contributed by atoms with van der Waals surface area (Å²) in [5.41, 5.74) is 6.69. The third-order valence-electron chi connectivity index (χ3n) is 2.55. The number of hydrogen-bond acceptors (Lipinski definition) is 6. The first-order valence-corrected chi connectivity index (χ1v) is 6.80. The van der Waals surface area contributed by atoms with Crippen molar-refractivity contribution in [3.8, 4) is 11.8 Å². The topological polar surface area (TPSA) is 115 Å². The summed E-state index contributed by atoms with van der Waals surface area (Å²) >= 11 is 1.89. The number of pyridine rings is 1. The number of nitrogen functional groups attached to an aromatic ring is 1. The Bertz CT molecular complexity index is 743. The largest absolute Gasteiger partial charge is 0.480 e. The maximum atomic E-state index is 11.1. The number of aromatic nitrogens is 1. The molecule has 0 aliphatic carbocycles.